The Kier molecular flexibility index (Phi) is 3.55. The lowest BCUT2D eigenvalue weighted by Crippen LogP contribution is -2.35. The zero-order chi connectivity index (χ0) is 10.8. The molecule has 0 aromatic carbocycles. The molecular formula is C9H20N2O2S. The van der Waals surface area contributed by atoms with Crippen LogP contribution < -0.4 is 10.5 Å². The van der Waals surface area contributed by atoms with Crippen LogP contribution in [0.15, 0.2) is 0 Å². The molecule has 1 fully saturated rings. The topological polar surface area (TPSA) is 72.2 Å². The highest BCUT2D eigenvalue weighted by molar-refractivity contribution is 7.89. The minimum absolute atomic E-state index is 0.0289. The zero-order valence-corrected chi connectivity index (χ0v) is 9.73. The Morgan fingerprint density at radius 1 is 1.43 bits per heavy atom. The number of hydrogen-bond acceptors (Lipinski definition) is 3. The fourth-order valence-corrected chi connectivity index (χ4v) is 2.56. The molecule has 1 saturated carbocycles. The molecule has 0 amide bonds. The number of rotatable bonds is 6. The molecule has 1 aliphatic carbocycles. The van der Waals surface area contributed by atoms with Gasteiger partial charge in [0.05, 0.1) is 5.75 Å². The van der Waals surface area contributed by atoms with E-state index in [1.54, 1.807) is 0 Å². The third kappa shape index (κ3) is 2.93. The van der Waals surface area contributed by atoms with Crippen LogP contribution in [0.5, 0.6) is 0 Å². The minimum atomic E-state index is -3.13. The highest BCUT2D eigenvalue weighted by Gasteiger charge is 2.45. The van der Waals surface area contributed by atoms with Crippen molar-refractivity contribution in [3.8, 4) is 0 Å². The van der Waals surface area contributed by atoms with Gasteiger partial charge >= 0.3 is 0 Å². The van der Waals surface area contributed by atoms with E-state index in [2.05, 4.69) is 18.6 Å². The molecule has 0 atom stereocenters. The summed E-state index contributed by atoms with van der Waals surface area (Å²) in [6.07, 6.45) is 2.27. The minimum Gasteiger partial charge on any atom is -0.329 e. The second kappa shape index (κ2) is 4.16. The van der Waals surface area contributed by atoms with E-state index in [1.807, 2.05) is 0 Å². The molecule has 0 bridgehead atoms. The van der Waals surface area contributed by atoms with Gasteiger partial charge in [-0.3, -0.25) is 0 Å². The maximum atomic E-state index is 11.3. The fraction of sp³-hybridized carbons (Fsp3) is 1.00. The van der Waals surface area contributed by atoms with Crippen molar-refractivity contribution >= 4 is 10.0 Å². The molecule has 0 aliphatic heterocycles. The average Bonchev–Trinajstić information content (AvgIpc) is 2.81. The summed E-state index contributed by atoms with van der Waals surface area (Å²) in [4.78, 5) is 0. The summed E-state index contributed by atoms with van der Waals surface area (Å²) in [6.45, 7) is 5.05. The first kappa shape index (κ1) is 11.9. The smallest absolute Gasteiger partial charge is 0.212 e. The Morgan fingerprint density at radius 3 is 2.36 bits per heavy atom. The van der Waals surface area contributed by atoms with Gasteiger partial charge in [0.15, 0.2) is 0 Å². The Hall–Kier alpha value is -0.130. The van der Waals surface area contributed by atoms with Gasteiger partial charge in [-0.2, -0.15) is 0 Å². The predicted molar refractivity (Wildman–Crippen MR) is 57.3 cm³/mol. The van der Waals surface area contributed by atoms with E-state index in [0.717, 1.165) is 12.8 Å². The van der Waals surface area contributed by atoms with Gasteiger partial charge in [0.2, 0.25) is 10.0 Å². The van der Waals surface area contributed by atoms with Crippen LogP contribution in [0.1, 0.15) is 26.7 Å². The molecule has 4 nitrogen and oxygen atoms in total. The third-order valence-corrected chi connectivity index (χ3v) is 4.51. The first-order valence-corrected chi connectivity index (χ1v) is 6.74. The van der Waals surface area contributed by atoms with Gasteiger partial charge in [0.1, 0.15) is 0 Å². The van der Waals surface area contributed by atoms with Crippen LogP contribution in [-0.2, 0) is 10.0 Å². The summed E-state index contributed by atoms with van der Waals surface area (Å²) in [5.41, 5.74) is 5.43. The molecule has 0 spiro atoms. The molecule has 0 saturated heterocycles. The van der Waals surface area contributed by atoms with Crippen LogP contribution in [0, 0.1) is 11.3 Å². The molecule has 1 aliphatic rings. The molecule has 3 N–H and O–H groups in total. The first-order valence-electron chi connectivity index (χ1n) is 5.09. The second-order valence-corrected chi connectivity index (χ2v) is 6.37. The molecule has 0 unspecified atom stereocenters. The summed E-state index contributed by atoms with van der Waals surface area (Å²) in [5, 5.41) is 0. The van der Waals surface area contributed by atoms with E-state index in [1.165, 1.54) is 0 Å². The van der Waals surface area contributed by atoms with Gasteiger partial charge in [0.25, 0.3) is 0 Å². The van der Waals surface area contributed by atoms with E-state index >= 15 is 0 Å². The quantitative estimate of drug-likeness (QED) is 0.676. The molecule has 0 heterocycles. The number of nitrogens with one attached hydrogen (secondary N) is 1. The van der Waals surface area contributed by atoms with Crippen LogP contribution in [0.4, 0.5) is 0 Å². The van der Waals surface area contributed by atoms with Gasteiger partial charge in [-0.05, 0) is 24.2 Å². The predicted octanol–water partition coefficient (Wildman–Crippen LogP) is 0.301. The Morgan fingerprint density at radius 2 is 2.00 bits per heavy atom. The van der Waals surface area contributed by atoms with Crippen LogP contribution in [0.3, 0.4) is 0 Å². The molecular weight excluding hydrogens is 200 g/mol. The van der Waals surface area contributed by atoms with Crippen molar-refractivity contribution < 1.29 is 8.42 Å². The largest absolute Gasteiger partial charge is 0.329 e. The van der Waals surface area contributed by atoms with Gasteiger partial charge in [-0.25, -0.2) is 13.1 Å². The van der Waals surface area contributed by atoms with Crippen molar-refractivity contribution in [3.63, 3.8) is 0 Å². The lowest BCUT2D eigenvalue weighted by molar-refractivity contribution is 0.357. The van der Waals surface area contributed by atoms with E-state index in [0.29, 0.717) is 12.5 Å². The monoisotopic (exact) mass is 220 g/mol. The Bertz CT molecular complexity index is 281. The van der Waals surface area contributed by atoms with Crippen LogP contribution in [-0.4, -0.2) is 27.3 Å². The highest BCUT2D eigenvalue weighted by Crippen LogP contribution is 2.51. The maximum absolute atomic E-state index is 11.3. The SMILES string of the molecule is CC(C)C1(CNS(=O)(=O)CCN)CC1. The Labute approximate surface area is 86.3 Å². The number of hydrogen-bond donors (Lipinski definition) is 2. The normalized spacial score (nSPS) is 20.0. The lowest BCUT2D eigenvalue weighted by atomic mass is 9.93. The summed E-state index contributed by atoms with van der Waals surface area (Å²) in [5.74, 6) is 0.573. The number of sulfonamides is 1. The zero-order valence-electron chi connectivity index (χ0n) is 8.91. The lowest BCUT2D eigenvalue weighted by Gasteiger charge is -2.19. The van der Waals surface area contributed by atoms with Crippen molar-refractivity contribution in [1.82, 2.24) is 4.72 Å². The van der Waals surface area contributed by atoms with Gasteiger partial charge < -0.3 is 5.73 Å². The van der Waals surface area contributed by atoms with E-state index in [4.69, 9.17) is 5.73 Å². The second-order valence-electron chi connectivity index (χ2n) is 4.45. The van der Waals surface area contributed by atoms with Crippen LogP contribution in [0.2, 0.25) is 0 Å². The van der Waals surface area contributed by atoms with Crippen molar-refractivity contribution in [3.05, 3.63) is 0 Å². The fourth-order valence-electron chi connectivity index (χ4n) is 1.60. The standard InChI is InChI=1S/C9H20N2O2S/c1-8(2)9(3-4-9)7-11-14(12,13)6-5-10/h8,11H,3-7,10H2,1-2H3. The molecule has 84 valence electrons. The van der Waals surface area contributed by atoms with E-state index in [-0.39, 0.29) is 17.7 Å². The first-order chi connectivity index (χ1) is 6.42. The molecule has 5 heteroatoms. The van der Waals surface area contributed by atoms with Crippen molar-refractivity contribution in [2.24, 2.45) is 17.1 Å². The van der Waals surface area contributed by atoms with Crippen LogP contribution >= 0.6 is 0 Å². The van der Waals surface area contributed by atoms with Gasteiger partial charge in [-0.15, -0.1) is 0 Å². The number of nitrogens with two attached hydrogens (primary N) is 1. The van der Waals surface area contributed by atoms with Crippen molar-refractivity contribution in [2.75, 3.05) is 18.8 Å². The van der Waals surface area contributed by atoms with Gasteiger partial charge in [0, 0.05) is 13.1 Å². The average molecular weight is 220 g/mol. The molecule has 0 radical (unpaired) electrons. The summed E-state index contributed by atoms with van der Waals surface area (Å²) >= 11 is 0. The van der Waals surface area contributed by atoms with E-state index in [9.17, 15) is 8.42 Å². The summed E-state index contributed by atoms with van der Waals surface area (Å²) < 4.78 is 25.3. The van der Waals surface area contributed by atoms with Crippen molar-refractivity contribution in [1.29, 1.82) is 0 Å². The maximum Gasteiger partial charge on any atom is 0.212 e. The molecule has 0 aromatic rings. The van der Waals surface area contributed by atoms with Crippen molar-refractivity contribution in [2.45, 2.75) is 26.7 Å². The Balaban J connectivity index is 2.41. The van der Waals surface area contributed by atoms with Crippen LogP contribution in [0.25, 0.3) is 0 Å². The molecule has 1 rings (SSSR count). The summed E-state index contributed by atoms with van der Waals surface area (Å²) in [6, 6.07) is 0. The van der Waals surface area contributed by atoms with E-state index < -0.39 is 10.0 Å². The molecule has 14 heavy (non-hydrogen) atoms. The summed E-state index contributed by atoms with van der Waals surface area (Å²) in [7, 11) is -3.13. The van der Waals surface area contributed by atoms with Gasteiger partial charge in [-0.1, -0.05) is 13.8 Å². The molecule has 0 aromatic heterocycles. The highest BCUT2D eigenvalue weighted by atomic mass is 32.2. The third-order valence-electron chi connectivity index (χ3n) is 3.15.